The van der Waals surface area contributed by atoms with Crippen molar-refractivity contribution in [3.05, 3.63) is 49.7 Å². The van der Waals surface area contributed by atoms with E-state index < -0.39 is 17.1 Å². The van der Waals surface area contributed by atoms with Crippen LogP contribution in [0.4, 0.5) is 5.69 Å². The van der Waals surface area contributed by atoms with Gasteiger partial charge in [-0.3, -0.25) is 18.9 Å². The van der Waals surface area contributed by atoms with Crippen LogP contribution in [-0.2, 0) is 14.1 Å². The minimum Gasteiger partial charge on any atom is -0.494 e. The summed E-state index contributed by atoms with van der Waals surface area (Å²) in [7, 11) is 2.71. The van der Waals surface area contributed by atoms with Crippen molar-refractivity contribution in [2.24, 2.45) is 19.1 Å². The van der Waals surface area contributed by atoms with Gasteiger partial charge in [0.2, 0.25) is 5.88 Å². The minimum atomic E-state index is -0.620. The van der Waals surface area contributed by atoms with Crippen LogP contribution >= 0.6 is 11.8 Å². The average Bonchev–Trinajstić information content (AvgIpc) is 2.55. The summed E-state index contributed by atoms with van der Waals surface area (Å²) in [5.41, 5.74) is 1.04. The monoisotopic (exact) mass is 344 g/mol. The third-order valence-corrected chi connectivity index (χ3v) is 4.40. The van der Waals surface area contributed by atoms with Gasteiger partial charge in [0.1, 0.15) is 11.0 Å². The van der Waals surface area contributed by atoms with E-state index in [1.165, 1.54) is 20.3 Å². The summed E-state index contributed by atoms with van der Waals surface area (Å²) < 4.78 is 1.89. The highest BCUT2D eigenvalue weighted by Gasteiger charge is 2.13. The Bertz CT molecular complexity index is 996. The number of hydrogen-bond donors (Lipinski definition) is 1. The number of thioether (sulfide) groups is 1. The summed E-state index contributed by atoms with van der Waals surface area (Å²) in [4.78, 5) is 29.0. The van der Waals surface area contributed by atoms with Gasteiger partial charge >= 0.3 is 5.69 Å². The molecule has 0 amide bonds. The van der Waals surface area contributed by atoms with Crippen LogP contribution in [0.15, 0.2) is 31.6 Å². The molecule has 7 nitrogen and oxygen atoms in total. The lowest BCUT2D eigenvalue weighted by molar-refractivity contribution is 0.410. The van der Waals surface area contributed by atoms with E-state index in [1.807, 2.05) is 25.3 Å². The van der Waals surface area contributed by atoms with E-state index >= 15 is 0 Å². The molecule has 124 valence electrons. The smallest absolute Gasteiger partial charge is 0.333 e. The van der Waals surface area contributed by atoms with E-state index in [0.29, 0.717) is 5.69 Å². The minimum absolute atomic E-state index is 0.0628. The molecule has 0 atom stereocenters. The Balaban J connectivity index is 2.54. The maximum absolute atomic E-state index is 12.1. The zero-order chi connectivity index (χ0) is 18.0. The van der Waals surface area contributed by atoms with E-state index in [9.17, 15) is 14.7 Å². The van der Waals surface area contributed by atoms with E-state index in [4.69, 9.17) is 5.26 Å². The number of nitriles is 1. The second-order valence-corrected chi connectivity index (χ2v) is 6.13. The van der Waals surface area contributed by atoms with Crippen molar-refractivity contribution in [1.82, 2.24) is 9.13 Å². The largest absolute Gasteiger partial charge is 0.494 e. The Hall–Kier alpha value is -2.79. The molecular formula is C16H16N4O3S. The molecule has 1 heterocycles. The number of thiocyanates is 1. The first-order valence-corrected chi connectivity index (χ1v) is 7.79. The maximum atomic E-state index is 12.1. The summed E-state index contributed by atoms with van der Waals surface area (Å²) in [5, 5.41) is 20.8. The highest BCUT2D eigenvalue weighted by Crippen LogP contribution is 2.29. The molecule has 0 radical (unpaired) electrons. The van der Waals surface area contributed by atoms with Gasteiger partial charge in [-0.15, -0.1) is 0 Å². The van der Waals surface area contributed by atoms with Gasteiger partial charge < -0.3 is 5.11 Å². The number of aliphatic imine (C=N–C) groups is 1. The predicted octanol–water partition coefficient (Wildman–Crippen LogP) is 1.73. The number of hydrogen-bond acceptors (Lipinski definition) is 6. The van der Waals surface area contributed by atoms with Crippen molar-refractivity contribution in [2.45, 2.75) is 18.7 Å². The van der Waals surface area contributed by atoms with Crippen LogP contribution < -0.4 is 11.2 Å². The molecule has 0 saturated heterocycles. The molecule has 1 N–H and O–H groups in total. The number of aromatic nitrogens is 2. The molecule has 1 aromatic heterocycles. The fourth-order valence-corrected chi connectivity index (χ4v) is 2.73. The summed E-state index contributed by atoms with van der Waals surface area (Å²) in [5.74, 6) is -0.433. The molecule has 1 aromatic carbocycles. The molecule has 0 spiro atoms. The maximum Gasteiger partial charge on any atom is 0.333 e. The Morgan fingerprint density at radius 1 is 1.21 bits per heavy atom. The van der Waals surface area contributed by atoms with Gasteiger partial charge in [-0.2, -0.15) is 5.26 Å². The number of benzene rings is 1. The van der Waals surface area contributed by atoms with Gasteiger partial charge in [-0.05, 0) is 48.9 Å². The lowest BCUT2D eigenvalue weighted by Gasteiger charge is -2.08. The van der Waals surface area contributed by atoms with Crippen molar-refractivity contribution >= 4 is 23.7 Å². The average molecular weight is 344 g/mol. The first-order chi connectivity index (χ1) is 11.3. The molecule has 0 aliphatic heterocycles. The van der Waals surface area contributed by atoms with E-state index in [1.54, 1.807) is 6.07 Å². The highest BCUT2D eigenvalue weighted by molar-refractivity contribution is 8.03. The molecular weight excluding hydrogens is 328 g/mol. The van der Waals surface area contributed by atoms with Gasteiger partial charge in [-0.1, -0.05) is 0 Å². The predicted molar refractivity (Wildman–Crippen MR) is 93.2 cm³/mol. The summed E-state index contributed by atoms with van der Waals surface area (Å²) in [6, 6.07) is 3.64. The third kappa shape index (κ3) is 3.12. The van der Waals surface area contributed by atoms with Crippen molar-refractivity contribution < 1.29 is 5.11 Å². The summed E-state index contributed by atoms with van der Waals surface area (Å²) in [6.07, 6.45) is 1.25. The van der Waals surface area contributed by atoms with Gasteiger partial charge in [-0.25, -0.2) is 4.79 Å². The van der Waals surface area contributed by atoms with E-state index in [-0.39, 0.29) is 5.56 Å². The summed E-state index contributed by atoms with van der Waals surface area (Å²) >= 11 is 1.07. The fraction of sp³-hybridized carbons (Fsp3) is 0.250. The van der Waals surface area contributed by atoms with Crippen LogP contribution in [0.2, 0.25) is 0 Å². The summed E-state index contributed by atoms with van der Waals surface area (Å²) in [6.45, 7) is 3.70. The molecule has 0 aliphatic rings. The third-order valence-electron chi connectivity index (χ3n) is 3.65. The quantitative estimate of drug-likeness (QED) is 0.519. The zero-order valence-corrected chi connectivity index (χ0v) is 14.5. The van der Waals surface area contributed by atoms with Crippen LogP contribution in [-0.4, -0.2) is 20.5 Å². The van der Waals surface area contributed by atoms with Crippen molar-refractivity contribution in [2.75, 3.05) is 0 Å². The highest BCUT2D eigenvalue weighted by atomic mass is 32.2. The molecule has 0 fully saturated rings. The number of aryl methyl sites for hydroxylation is 2. The second kappa shape index (κ2) is 6.76. The Morgan fingerprint density at radius 2 is 1.88 bits per heavy atom. The standard InChI is InChI=1S/C16H16N4O3S/c1-9-6-13(24-8-17)10(2)5-12(9)18-7-11-14(21)19(3)16(23)20(4)15(11)22/h5-7,21H,1-4H3. The van der Waals surface area contributed by atoms with Gasteiger partial charge in [0.05, 0.1) is 5.69 Å². The van der Waals surface area contributed by atoms with Crippen LogP contribution in [0, 0.1) is 24.5 Å². The van der Waals surface area contributed by atoms with Gasteiger partial charge in [0.15, 0.2) is 0 Å². The molecule has 0 saturated carbocycles. The molecule has 0 unspecified atom stereocenters. The first-order valence-electron chi connectivity index (χ1n) is 6.98. The van der Waals surface area contributed by atoms with Crippen LogP contribution in [0.5, 0.6) is 5.88 Å². The Labute approximate surface area is 142 Å². The molecule has 2 rings (SSSR count). The van der Waals surface area contributed by atoms with Crippen molar-refractivity contribution in [3.8, 4) is 11.3 Å². The molecule has 8 heteroatoms. The zero-order valence-electron chi connectivity index (χ0n) is 13.7. The lowest BCUT2D eigenvalue weighted by atomic mass is 10.1. The topological polar surface area (TPSA) is 100 Å². The lowest BCUT2D eigenvalue weighted by Crippen LogP contribution is -2.38. The van der Waals surface area contributed by atoms with Crippen molar-refractivity contribution in [1.29, 1.82) is 5.26 Å². The Kier molecular flexibility index (Phi) is 4.95. The van der Waals surface area contributed by atoms with Crippen LogP contribution in [0.1, 0.15) is 16.7 Å². The SMILES string of the molecule is Cc1cc(SC#N)c(C)cc1N=Cc1c(O)n(C)c(=O)n(C)c1=O. The first kappa shape index (κ1) is 17.6. The van der Waals surface area contributed by atoms with E-state index in [0.717, 1.165) is 36.9 Å². The molecule has 24 heavy (non-hydrogen) atoms. The number of rotatable bonds is 3. The van der Waals surface area contributed by atoms with E-state index in [2.05, 4.69) is 4.99 Å². The molecule has 0 bridgehead atoms. The van der Waals surface area contributed by atoms with Crippen LogP contribution in [0.25, 0.3) is 0 Å². The van der Waals surface area contributed by atoms with Gasteiger partial charge in [0, 0.05) is 25.2 Å². The normalized spacial score (nSPS) is 11.0. The number of nitrogens with zero attached hydrogens (tertiary/aromatic N) is 4. The fourth-order valence-electron chi connectivity index (χ4n) is 2.18. The van der Waals surface area contributed by atoms with Crippen LogP contribution in [0.3, 0.4) is 0 Å². The van der Waals surface area contributed by atoms with Gasteiger partial charge in [0.25, 0.3) is 5.56 Å². The number of aromatic hydroxyl groups is 1. The van der Waals surface area contributed by atoms with Crippen molar-refractivity contribution in [3.63, 3.8) is 0 Å². The molecule has 2 aromatic rings. The molecule has 0 aliphatic carbocycles. The second-order valence-electron chi connectivity index (χ2n) is 5.30. The Morgan fingerprint density at radius 3 is 2.50 bits per heavy atom.